The highest BCUT2D eigenvalue weighted by Gasteiger charge is 2.22. The summed E-state index contributed by atoms with van der Waals surface area (Å²) in [4.78, 5) is 0. The zero-order valence-corrected chi connectivity index (χ0v) is 15.9. The average molecular weight is 484 g/mol. The Hall–Kier alpha value is -0.500. The normalized spacial score (nSPS) is 12.1. The van der Waals surface area contributed by atoms with Crippen molar-refractivity contribution in [2.45, 2.75) is 6.10 Å². The average Bonchev–Trinajstić information content (AvgIpc) is 2.48. The van der Waals surface area contributed by atoms with E-state index in [1.54, 1.807) is 12.1 Å². The summed E-state index contributed by atoms with van der Waals surface area (Å²) in [6.45, 7) is 0. The Morgan fingerprint density at radius 1 is 1.14 bits per heavy atom. The van der Waals surface area contributed by atoms with Crippen molar-refractivity contribution in [2.75, 3.05) is 14.2 Å². The van der Waals surface area contributed by atoms with Crippen LogP contribution in [0.25, 0.3) is 0 Å². The summed E-state index contributed by atoms with van der Waals surface area (Å²) in [5.41, 5.74) is 1.38. The Kier molecular flexibility index (Phi) is 5.76. The van der Waals surface area contributed by atoms with E-state index in [9.17, 15) is 5.11 Å². The van der Waals surface area contributed by atoms with Crippen molar-refractivity contribution >= 4 is 50.1 Å². The molecule has 2 aromatic rings. The number of halogens is 3. The number of aliphatic hydroxyl groups excluding tert-OH is 1. The molecule has 0 bridgehead atoms. The van der Waals surface area contributed by atoms with Gasteiger partial charge in [0.25, 0.3) is 0 Å². The summed E-state index contributed by atoms with van der Waals surface area (Å²) in [6.07, 6.45) is -0.840. The fraction of sp³-hybridized carbons (Fsp3) is 0.200. The van der Waals surface area contributed by atoms with Gasteiger partial charge in [-0.3, -0.25) is 0 Å². The lowest BCUT2D eigenvalue weighted by atomic mass is 10.0. The van der Waals surface area contributed by atoms with Crippen LogP contribution < -0.4 is 9.47 Å². The number of methoxy groups -OCH3 is 2. The number of rotatable bonds is 4. The third-order valence-electron chi connectivity index (χ3n) is 3.06. The van der Waals surface area contributed by atoms with E-state index in [4.69, 9.17) is 21.1 Å². The highest BCUT2D eigenvalue weighted by Crippen LogP contribution is 2.41. The summed E-state index contributed by atoms with van der Waals surface area (Å²) >= 11 is 11.8. The number of ether oxygens (including phenoxy) is 2. The van der Waals surface area contributed by atoms with E-state index < -0.39 is 6.10 Å². The zero-order chi connectivity index (χ0) is 15.6. The van der Waals surface area contributed by atoms with Crippen molar-refractivity contribution in [3.63, 3.8) is 0 Å². The molecule has 0 saturated heterocycles. The first-order chi connectivity index (χ1) is 9.99. The first-order valence-corrected chi connectivity index (χ1v) is 8.28. The molecule has 0 spiro atoms. The van der Waals surface area contributed by atoms with Crippen molar-refractivity contribution in [1.82, 2.24) is 0 Å². The maximum absolute atomic E-state index is 10.7. The van der Waals surface area contributed by atoms with Crippen LogP contribution in [0.15, 0.2) is 34.8 Å². The van der Waals surface area contributed by atoms with Gasteiger partial charge in [-0.15, -0.1) is 0 Å². The van der Waals surface area contributed by atoms with Gasteiger partial charge < -0.3 is 14.6 Å². The van der Waals surface area contributed by atoms with Crippen molar-refractivity contribution in [1.29, 1.82) is 0 Å². The van der Waals surface area contributed by atoms with Gasteiger partial charge >= 0.3 is 0 Å². The van der Waals surface area contributed by atoms with Gasteiger partial charge in [-0.05, 0) is 58.5 Å². The molecule has 0 saturated carbocycles. The van der Waals surface area contributed by atoms with E-state index in [0.29, 0.717) is 22.1 Å². The summed E-state index contributed by atoms with van der Waals surface area (Å²) < 4.78 is 12.4. The lowest BCUT2D eigenvalue weighted by Crippen LogP contribution is -2.05. The molecule has 0 fully saturated rings. The summed E-state index contributed by atoms with van der Waals surface area (Å²) in [7, 11) is 3.05. The van der Waals surface area contributed by atoms with Crippen LogP contribution in [0.5, 0.6) is 11.5 Å². The molecule has 0 heterocycles. The highest BCUT2D eigenvalue weighted by atomic mass is 127. The molecule has 1 N–H and O–H groups in total. The first-order valence-electron chi connectivity index (χ1n) is 6.03. The molecule has 2 aromatic carbocycles. The van der Waals surface area contributed by atoms with E-state index in [0.717, 1.165) is 13.6 Å². The van der Waals surface area contributed by atoms with Gasteiger partial charge in [-0.2, -0.15) is 0 Å². The topological polar surface area (TPSA) is 38.7 Å². The maximum Gasteiger partial charge on any atom is 0.147 e. The second kappa shape index (κ2) is 7.17. The van der Waals surface area contributed by atoms with Gasteiger partial charge in [0, 0.05) is 13.6 Å². The van der Waals surface area contributed by atoms with Crippen molar-refractivity contribution < 1.29 is 14.6 Å². The van der Waals surface area contributed by atoms with Crippen LogP contribution in [-0.4, -0.2) is 19.3 Å². The third kappa shape index (κ3) is 3.47. The van der Waals surface area contributed by atoms with Crippen LogP contribution in [0, 0.1) is 3.57 Å². The SMILES string of the molecule is COc1ccc(C(O)c2cc(Br)ccc2I)c(OC)c1Cl. The summed E-state index contributed by atoms with van der Waals surface area (Å²) in [6, 6.07) is 9.21. The van der Waals surface area contributed by atoms with E-state index in [1.165, 1.54) is 14.2 Å². The Labute approximate surface area is 150 Å². The van der Waals surface area contributed by atoms with Crippen LogP contribution in [0.3, 0.4) is 0 Å². The largest absolute Gasteiger partial charge is 0.495 e. The van der Waals surface area contributed by atoms with Crippen LogP contribution in [0.2, 0.25) is 5.02 Å². The van der Waals surface area contributed by atoms with Crippen molar-refractivity contribution in [3.05, 3.63) is 54.5 Å². The van der Waals surface area contributed by atoms with Crippen LogP contribution in [0.1, 0.15) is 17.2 Å². The molecule has 6 heteroatoms. The number of hydrogen-bond acceptors (Lipinski definition) is 3. The fourth-order valence-electron chi connectivity index (χ4n) is 2.03. The molecular formula is C15H13BrClIO3. The first kappa shape index (κ1) is 16.9. The molecule has 0 radical (unpaired) electrons. The monoisotopic (exact) mass is 482 g/mol. The Morgan fingerprint density at radius 3 is 2.48 bits per heavy atom. The second-order valence-electron chi connectivity index (χ2n) is 4.27. The molecule has 0 aliphatic carbocycles. The molecule has 112 valence electrons. The Bertz CT molecular complexity index is 664. The Morgan fingerprint density at radius 2 is 1.86 bits per heavy atom. The zero-order valence-electron chi connectivity index (χ0n) is 11.4. The van der Waals surface area contributed by atoms with Gasteiger partial charge in [0.05, 0.1) is 14.2 Å². The minimum absolute atomic E-state index is 0.349. The molecule has 1 unspecified atom stereocenters. The van der Waals surface area contributed by atoms with Gasteiger partial charge in [-0.25, -0.2) is 0 Å². The molecule has 3 nitrogen and oxygen atoms in total. The summed E-state index contributed by atoms with van der Waals surface area (Å²) in [5, 5.41) is 11.0. The van der Waals surface area contributed by atoms with Crippen LogP contribution in [0.4, 0.5) is 0 Å². The molecule has 2 rings (SSSR count). The smallest absolute Gasteiger partial charge is 0.147 e. The Balaban J connectivity index is 2.55. The van der Waals surface area contributed by atoms with E-state index in [2.05, 4.69) is 38.5 Å². The van der Waals surface area contributed by atoms with Crippen LogP contribution in [-0.2, 0) is 0 Å². The third-order valence-corrected chi connectivity index (χ3v) is 4.90. The molecular weight excluding hydrogens is 470 g/mol. The van der Waals surface area contributed by atoms with Gasteiger partial charge in [0.1, 0.15) is 22.6 Å². The fourth-order valence-corrected chi connectivity index (χ4v) is 3.36. The van der Waals surface area contributed by atoms with Gasteiger partial charge in [0.2, 0.25) is 0 Å². The number of hydrogen-bond donors (Lipinski definition) is 1. The standard InChI is InChI=1S/C15H13BrClIO3/c1-20-12-6-4-9(15(21-2)13(12)17)14(19)10-7-8(16)3-5-11(10)18/h3-7,14,19H,1-2H3. The minimum Gasteiger partial charge on any atom is -0.495 e. The molecule has 0 amide bonds. The van der Waals surface area contributed by atoms with Crippen LogP contribution >= 0.6 is 50.1 Å². The molecule has 0 aromatic heterocycles. The second-order valence-corrected chi connectivity index (χ2v) is 6.73. The lowest BCUT2D eigenvalue weighted by molar-refractivity contribution is 0.213. The van der Waals surface area contributed by atoms with Gasteiger partial charge in [-0.1, -0.05) is 27.5 Å². The predicted molar refractivity (Wildman–Crippen MR) is 95.5 cm³/mol. The molecule has 0 aliphatic rings. The lowest BCUT2D eigenvalue weighted by Gasteiger charge is -2.19. The van der Waals surface area contributed by atoms with E-state index >= 15 is 0 Å². The van der Waals surface area contributed by atoms with E-state index in [1.807, 2.05) is 18.2 Å². The molecule has 0 aliphatic heterocycles. The molecule has 1 atom stereocenters. The predicted octanol–water partition coefficient (Wildman–Crippen LogP) is 4.81. The number of benzene rings is 2. The quantitative estimate of drug-likeness (QED) is 0.635. The van der Waals surface area contributed by atoms with Crippen molar-refractivity contribution in [2.24, 2.45) is 0 Å². The molecule has 21 heavy (non-hydrogen) atoms. The minimum atomic E-state index is -0.840. The van der Waals surface area contributed by atoms with Crippen molar-refractivity contribution in [3.8, 4) is 11.5 Å². The van der Waals surface area contributed by atoms with E-state index in [-0.39, 0.29) is 0 Å². The highest BCUT2D eigenvalue weighted by molar-refractivity contribution is 14.1. The number of aliphatic hydroxyl groups is 1. The maximum atomic E-state index is 10.7. The van der Waals surface area contributed by atoms with Gasteiger partial charge in [0.15, 0.2) is 0 Å². The summed E-state index contributed by atoms with van der Waals surface area (Å²) in [5.74, 6) is 0.924.